The van der Waals surface area contributed by atoms with Crippen molar-refractivity contribution in [2.24, 2.45) is 0 Å². The Morgan fingerprint density at radius 2 is 1.81 bits per heavy atom. The van der Waals surface area contributed by atoms with Gasteiger partial charge in [0.2, 0.25) is 0 Å². The van der Waals surface area contributed by atoms with Crippen molar-refractivity contribution in [3.63, 3.8) is 0 Å². The first-order valence-corrected chi connectivity index (χ1v) is 9.62. The lowest BCUT2D eigenvalue weighted by Gasteiger charge is -2.36. The lowest BCUT2D eigenvalue weighted by molar-refractivity contribution is 0.114. The summed E-state index contributed by atoms with van der Waals surface area (Å²) < 4.78 is 2.35. The molecule has 0 spiro atoms. The van der Waals surface area contributed by atoms with Gasteiger partial charge < -0.3 is 9.47 Å². The zero-order valence-electron chi connectivity index (χ0n) is 15.4. The van der Waals surface area contributed by atoms with Gasteiger partial charge in [-0.25, -0.2) is 4.98 Å². The Bertz CT molecular complexity index is 896. The lowest BCUT2D eigenvalue weighted by atomic mass is 10.2. The van der Waals surface area contributed by atoms with Gasteiger partial charge in [-0.05, 0) is 43.8 Å². The number of rotatable bonds is 4. The highest BCUT2D eigenvalue weighted by atomic mass is 35.5. The minimum absolute atomic E-state index is 0.287. The zero-order valence-corrected chi connectivity index (χ0v) is 16.2. The summed E-state index contributed by atoms with van der Waals surface area (Å²) >= 11 is 6.20. The van der Waals surface area contributed by atoms with E-state index in [0.717, 1.165) is 49.1 Å². The van der Waals surface area contributed by atoms with Crippen LogP contribution >= 0.6 is 11.6 Å². The van der Waals surface area contributed by atoms with Crippen LogP contribution in [0.25, 0.3) is 11.0 Å². The third-order valence-corrected chi connectivity index (χ3v) is 5.61. The second kappa shape index (κ2) is 7.39. The second-order valence-electron chi connectivity index (χ2n) is 7.19. The van der Waals surface area contributed by atoms with E-state index < -0.39 is 0 Å². The third kappa shape index (κ3) is 3.50. The standard InChI is InChI=1S/C21H25ClN4/c1-16(25-12-10-24(2)11-13-25)21-23-19-8-3-4-9-20(19)26(21)15-17-6-5-7-18(22)14-17/h3-9,14,16H,10-13,15H2,1-2H3. The van der Waals surface area contributed by atoms with E-state index in [-0.39, 0.29) is 6.04 Å². The molecule has 0 amide bonds. The molecule has 4 rings (SSSR count). The number of imidazole rings is 1. The van der Waals surface area contributed by atoms with Gasteiger partial charge in [-0.2, -0.15) is 0 Å². The molecule has 3 aromatic rings. The number of aromatic nitrogens is 2. The Labute approximate surface area is 160 Å². The van der Waals surface area contributed by atoms with E-state index in [4.69, 9.17) is 16.6 Å². The first kappa shape index (κ1) is 17.5. The fourth-order valence-corrected chi connectivity index (χ4v) is 3.98. The second-order valence-corrected chi connectivity index (χ2v) is 7.63. The van der Waals surface area contributed by atoms with E-state index in [1.54, 1.807) is 0 Å². The molecule has 5 heteroatoms. The molecule has 1 aromatic heterocycles. The Hall–Kier alpha value is -1.88. The minimum atomic E-state index is 0.287. The van der Waals surface area contributed by atoms with E-state index in [1.165, 1.54) is 11.1 Å². The van der Waals surface area contributed by atoms with Crippen molar-refractivity contribution < 1.29 is 0 Å². The van der Waals surface area contributed by atoms with Crippen LogP contribution in [0, 0.1) is 0 Å². The summed E-state index contributed by atoms with van der Waals surface area (Å²) in [4.78, 5) is 9.92. The topological polar surface area (TPSA) is 24.3 Å². The molecule has 136 valence electrons. The maximum absolute atomic E-state index is 6.20. The van der Waals surface area contributed by atoms with Gasteiger partial charge in [0, 0.05) is 37.7 Å². The molecular weight excluding hydrogens is 344 g/mol. The molecular formula is C21H25ClN4. The molecule has 0 bridgehead atoms. The van der Waals surface area contributed by atoms with Gasteiger partial charge in [0.15, 0.2) is 0 Å². The van der Waals surface area contributed by atoms with Gasteiger partial charge in [-0.15, -0.1) is 0 Å². The normalized spacial score (nSPS) is 17.7. The van der Waals surface area contributed by atoms with Crippen molar-refractivity contribution in [3.05, 3.63) is 64.9 Å². The van der Waals surface area contributed by atoms with Crippen molar-refractivity contribution in [1.82, 2.24) is 19.4 Å². The minimum Gasteiger partial charge on any atom is -0.322 e. The molecule has 0 N–H and O–H groups in total. The van der Waals surface area contributed by atoms with Crippen LogP contribution in [0.1, 0.15) is 24.4 Å². The largest absolute Gasteiger partial charge is 0.322 e. The molecule has 1 fully saturated rings. The van der Waals surface area contributed by atoms with Crippen LogP contribution in [-0.2, 0) is 6.54 Å². The highest BCUT2D eigenvalue weighted by molar-refractivity contribution is 6.30. The molecule has 1 aliphatic heterocycles. The molecule has 4 nitrogen and oxygen atoms in total. The SMILES string of the molecule is CC(c1nc2ccccc2n1Cc1cccc(Cl)c1)N1CCN(C)CC1. The maximum atomic E-state index is 6.20. The molecule has 2 aromatic carbocycles. The molecule has 0 radical (unpaired) electrons. The summed E-state index contributed by atoms with van der Waals surface area (Å²) in [7, 11) is 2.19. The van der Waals surface area contributed by atoms with E-state index in [1.807, 2.05) is 18.2 Å². The Balaban J connectivity index is 1.71. The highest BCUT2D eigenvalue weighted by Gasteiger charge is 2.25. The number of fused-ring (bicyclic) bond motifs is 1. The number of halogens is 1. The number of hydrogen-bond donors (Lipinski definition) is 0. The van der Waals surface area contributed by atoms with Crippen LogP contribution in [0.5, 0.6) is 0 Å². The summed E-state index contributed by atoms with van der Waals surface area (Å²) in [6.07, 6.45) is 0. The fourth-order valence-electron chi connectivity index (χ4n) is 3.77. The summed E-state index contributed by atoms with van der Waals surface area (Å²) in [6, 6.07) is 16.8. The van der Waals surface area contributed by atoms with Gasteiger partial charge in [0.25, 0.3) is 0 Å². The first-order chi connectivity index (χ1) is 12.6. The van der Waals surface area contributed by atoms with E-state index >= 15 is 0 Å². The molecule has 0 saturated carbocycles. The van der Waals surface area contributed by atoms with E-state index in [0.29, 0.717) is 0 Å². The van der Waals surface area contributed by atoms with Gasteiger partial charge in [-0.3, -0.25) is 4.90 Å². The highest BCUT2D eigenvalue weighted by Crippen LogP contribution is 2.27. The van der Waals surface area contributed by atoms with Crippen LogP contribution in [0.3, 0.4) is 0 Å². The van der Waals surface area contributed by atoms with Crippen LogP contribution in [-0.4, -0.2) is 52.6 Å². The van der Waals surface area contributed by atoms with E-state index in [9.17, 15) is 0 Å². The molecule has 1 saturated heterocycles. The number of piperazine rings is 1. The maximum Gasteiger partial charge on any atom is 0.127 e. The van der Waals surface area contributed by atoms with Crippen LogP contribution < -0.4 is 0 Å². The fraction of sp³-hybridized carbons (Fsp3) is 0.381. The number of para-hydroxylation sites is 2. The van der Waals surface area contributed by atoms with E-state index in [2.05, 4.69) is 58.7 Å². The van der Waals surface area contributed by atoms with Crippen molar-refractivity contribution in [2.75, 3.05) is 33.2 Å². The summed E-state index contributed by atoms with van der Waals surface area (Å²) in [5.41, 5.74) is 3.45. The van der Waals surface area contributed by atoms with Crippen molar-refractivity contribution >= 4 is 22.6 Å². The number of hydrogen-bond acceptors (Lipinski definition) is 3. The number of benzene rings is 2. The molecule has 26 heavy (non-hydrogen) atoms. The van der Waals surface area contributed by atoms with Crippen LogP contribution in [0.2, 0.25) is 5.02 Å². The van der Waals surface area contributed by atoms with Crippen molar-refractivity contribution in [1.29, 1.82) is 0 Å². The Morgan fingerprint density at radius 3 is 2.58 bits per heavy atom. The van der Waals surface area contributed by atoms with Gasteiger partial charge in [0.05, 0.1) is 17.1 Å². The number of nitrogens with zero attached hydrogens (tertiary/aromatic N) is 4. The van der Waals surface area contributed by atoms with Crippen LogP contribution in [0.15, 0.2) is 48.5 Å². The summed E-state index contributed by atoms with van der Waals surface area (Å²) in [5.74, 6) is 1.13. The summed E-state index contributed by atoms with van der Waals surface area (Å²) in [5, 5.41) is 0.778. The average molecular weight is 369 g/mol. The van der Waals surface area contributed by atoms with Gasteiger partial charge in [-0.1, -0.05) is 35.9 Å². The number of likely N-dealkylation sites (N-methyl/N-ethyl adjacent to an activating group) is 1. The van der Waals surface area contributed by atoms with Gasteiger partial charge >= 0.3 is 0 Å². The smallest absolute Gasteiger partial charge is 0.127 e. The lowest BCUT2D eigenvalue weighted by Crippen LogP contribution is -2.45. The molecule has 1 atom stereocenters. The zero-order chi connectivity index (χ0) is 18.1. The summed E-state index contributed by atoms with van der Waals surface area (Å²) in [6.45, 7) is 7.45. The van der Waals surface area contributed by atoms with Crippen LogP contribution in [0.4, 0.5) is 0 Å². The van der Waals surface area contributed by atoms with Gasteiger partial charge in [0.1, 0.15) is 5.82 Å². The third-order valence-electron chi connectivity index (χ3n) is 5.37. The van der Waals surface area contributed by atoms with Crippen molar-refractivity contribution in [3.8, 4) is 0 Å². The molecule has 0 aliphatic carbocycles. The first-order valence-electron chi connectivity index (χ1n) is 9.24. The quantitative estimate of drug-likeness (QED) is 0.694. The predicted octanol–water partition coefficient (Wildman–Crippen LogP) is 4.05. The molecule has 1 unspecified atom stereocenters. The molecule has 2 heterocycles. The Morgan fingerprint density at radius 1 is 1.04 bits per heavy atom. The predicted molar refractivity (Wildman–Crippen MR) is 108 cm³/mol. The average Bonchev–Trinajstić information content (AvgIpc) is 3.00. The Kier molecular flexibility index (Phi) is 4.98. The van der Waals surface area contributed by atoms with Crippen molar-refractivity contribution in [2.45, 2.75) is 19.5 Å². The monoisotopic (exact) mass is 368 g/mol. The molecule has 1 aliphatic rings.